The third-order valence-corrected chi connectivity index (χ3v) is 1.92. The average molecular weight is 284 g/mol. The number of hydrogen-bond donors (Lipinski definition) is 3. The number of para-hydroxylation sites is 1. The lowest BCUT2D eigenvalue weighted by atomic mass is 10.3. The van der Waals surface area contributed by atoms with Crippen molar-refractivity contribution in [1.82, 2.24) is 0 Å². The quantitative estimate of drug-likeness (QED) is 0.511. The van der Waals surface area contributed by atoms with Gasteiger partial charge in [-0.15, -0.1) is 0 Å². The normalized spacial score (nSPS) is 10.9. The Balaban J connectivity index is 0.000000511. The van der Waals surface area contributed by atoms with Gasteiger partial charge in [0.05, 0.1) is 13.2 Å². The molecule has 0 spiro atoms. The minimum absolute atomic E-state index is 0.0886. The summed E-state index contributed by atoms with van der Waals surface area (Å²) < 4.78 is 10.3. The van der Waals surface area contributed by atoms with Gasteiger partial charge in [-0.1, -0.05) is 24.8 Å². The maximum Gasteiger partial charge on any atom is 0.330 e. The zero-order valence-corrected chi connectivity index (χ0v) is 11.4. The number of hydrogen-bond acceptors (Lipinski definition) is 5. The Morgan fingerprint density at radius 2 is 1.85 bits per heavy atom. The zero-order chi connectivity index (χ0) is 15.4. The Hall–Kier alpha value is -1.89. The second kappa shape index (κ2) is 11.0. The summed E-state index contributed by atoms with van der Waals surface area (Å²) in [5.41, 5.74) is 0.176. The molecule has 6 heteroatoms. The van der Waals surface area contributed by atoms with Crippen molar-refractivity contribution in [3.05, 3.63) is 42.5 Å². The minimum Gasteiger partial charge on any atom is -0.478 e. The lowest BCUT2D eigenvalue weighted by Gasteiger charge is -2.16. The second-order valence-corrected chi connectivity index (χ2v) is 3.72. The van der Waals surface area contributed by atoms with Gasteiger partial charge in [-0.25, -0.2) is 4.79 Å². The number of carboxylic acids is 1. The molecule has 1 unspecified atom stereocenters. The first-order valence-corrected chi connectivity index (χ1v) is 5.95. The molecule has 0 fully saturated rings. The van der Waals surface area contributed by atoms with E-state index in [1.165, 1.54) is 6.92 Å². The van der Waals surface area contributed by atoms with Crippen molar-refractivity contribution >= 4 is 5.97 Å². The summed E-state index contributed by atoms with van der Waals surface area (Å²) in [7, 11) is 0. The topological polar surface area (TPSA) is 96.2 Å². The van der Waals surface area contributed by atoms with Gasteiger partial charge >= 0.3 is 5.97 Å². The molecule has 20 heavy (non-hydrogen) atoms. The standard InChI is InChI=1S/C10H14O4.C4H6O2/c11-6-7-13-10(8-12)14-9-4-2-1-3-5-9;1-3(2)4(5)6/h1-5,10-12H,6-8H2;1H2,2H3,(H,5,6). The Labute approximate surface area is 117 Å². The van der Waals surface area contributed by atoms with Crippen LogP contribution in [0.1, 0.15) is 6.92 Å². The molecular formula is C14H20O6. The average Bonchev–Trinajstić information content (AvgIpc) is 2.45. The van der Waals surface area contributed by atoms with Crippen LogP contribution in [0.5, 0.6) is 5.75 Å². The van der Waals surface area contributed by atoms with Crippen LogP contribution in [0, 0.1) is 0 Å². The van der Waals surface area contributed by atoms with Crippen molar-refractivity contribution in [2.45, 2.75) is 13.2 Å². The van der Waals surface area contributed by atoms with Crippen molar-refractivity contribution in [3.8, 4) is 5.75 Å². The lowest BCUT2D eigenvalue weighted by Crippen LogP contribution is -2.26. The van der Waals surface area contributed by atoms with Crippen LogP contribution in [-0.2, 0) is 9.53 Å². The third kappa shape index (κ3) is 9.09. The van der Waals surface area contributed by atoms with Crippen LogP contribution in [0.15, 0.2) is 42.5 Å². The van der Waals surface area contributed by atoms with E-state index in [2.05, 4.69) is 6.58 Å². The highest BCUT2D eigenvalue weighted by atomic mass is 16.7. The summed E-state index contributed by atoms with van der Waals surface area (Å²) in [6, 6.07) is 9.07. The van der Waals surface area contributed by atoms with E-state index in [9.17, 15) is 4.79 Å². The molecule has 3 N–H and O–H groups in total. The zero-order valence-electron chi connectivity index (χ0n) is 11.4. The van der Waals surface area contributed by atoms with Crippen LogP contribution in [0.4, 0.5) is 0 Å². The smallest absolute Gasteiger partial charge is 0.330 e. The number of aliphatic hydroxyl groups is 2. The van der Waals surface area contributed by atoms with Gasteiger partial charge in [-0.2, -0.15) is 0 Å². The molecule has 1 aromatic carbocycles. The number of carboxylic acid groups (broad SMARTS) is 1. The fraction of sp³-hybridized carbons (Fsp3) is 0.357. The molecule has 0 saturated heterocycles. The van der Waals surface area contributed by atoms with Gasteiger partial charge < -0.3 is 24.8 Å². The molecule has 0 aliphatic rings. The van der Waals surface area contributed by atoms with Crippen molar-refractivity contribution in [3.63, 3.8) is 0 Å². The molecule has 0 aliphatic carbocycles. The van der Waals surface area contributed by atoms with E-state index in [4.69, 9.17) is 24.8 Å². The molecule has 6 nitrogen and oxygen atoms in total. The molecule has 0 aromatic heterocycles. The van der Waals surface area contributed by atoms with Gasteiger partial charge in [0.15, 0.2) is 0 Å². The number of aliphatic carboxylic acids is 1. The fourth-order valence-electron chi connectivity index (χ4n) is 0.959. The summed E-state index contributed by atoms with van der Waals surface area (Å²) >= 11 is 0. The van der Waals surface area contributed by atoms with Crippen molar-refractivity contribution in [2.24, 2.45) is 0 Å². The molecule has 1 rings (SSSR count). The number of ether oxygens (including phenoxy) is 2. The van der Waals surface area contributed by atoms with Crippen LogP contribution in [0.2, 0.25) is 0 Å². The van der Waals surface area contributed by atoms with Gasteiger partial charge in [0.1, 0.15) is 12.4 Å². The maximum absolute atomic E-state index is 9.60. The summed E-state index contributed by atoms with van der Waals surface area (Å²) in [5.74, 6) is -0.306. The highest BCUT2D eigenvalue weighted by molar-refractivity contribution is 5.84. The van der Waals surface area contributed by atoms with Crippen molar-refractivity contribution < 1.29 is 29.6 Å². The van der Waals surface area contributed by atoms with Crippen LogP contribution in [0.3, 0.4) is 0 Å². The van der Waals surface area contributed by atoms with Gasteiger partial charge in [0, 0.05) is 5.57 Å². The first-order valence-electron chi connectivity index (χ1n) is 5.95. The minimum atomic E-state index is -0.935. The number of benzene rings is 1. The molecule has 0 saturated carbocycles. The fourth-order valence-corrected chi connectivity index (χ4v) is 0.959. The second-order valence-electron chi connectivity index (χ2n) is 3.72. The third-order valence-electron chi connectivity index (χ3n) is 1.92. The Morgan fingerprint density at radius 3 is 2.25 bits per heavy atom. The summed E-state index contributed by atoms with van der Waals surface area (Å²) in [6.45, 7) is 4.42. The monoisotopic (exact) mass is 284 g/mol. The van der Waals surface area contributed by atoms with Crippen LogP contribution >= 0.6 is 0 Å². The van der Waals surface area contributed by atoms with Crippen LogP contribution < -0.4 is 4.74 Å². The molecule has 1 atom stereocenters. The molecule has 1 aromatic rings. The molecular weight excluding hydrogens is 264 g/mol. The lowest BCUT2D eigenvalue weighted by molar-refractivity contribution is -0.132. The molecule has 0 aliphatic heterocycles. The molecule has 112 valence electrons. The SMILES string of the molecule is C=C(C)C(=O)O.OCCOC(CO)Oc1ccccc1. The predicted octanol–water partition coefficient (Wildman–Crippen LogP) is 1.04. The van der Waals surface area contributed by atoms with Gasteiger partial charge in [0.25, 0.3) is 0 Å². The first-order chi connectivity index (χ1) is 9.51. The Bertz CT molecular complexity index is 378. The van der Waals surface area contributed by atoms with Crippen LogP contribution in [-0.4, -0.2) is 47.4 Å². The van der Waals surface area contributed by atoms with Gasteiger partial charge in [0.2, 0.25) is 6.29 Å². The molecule has 0 heterocycles. The summed E-state index contributed by atoms with van der Waals surface area (Å²) in [6.07, 6.45) is -0.718. The largest absolute Gasteiger partial charge is 0.478 e. The Kier molecular flexibility index (Phi) is 9.94. The molecule has 0 bridgehead atoms. The van der Waals surface area contributed by atoms with Gasteiger partial charge in [-0.05, 0) is 19.1 Å². The van der Waals surface area contributed by atoms with Gasteiger partial charge in [-0.3, -0.25) is 0 Å². The Morgan fingerprint density at radius 1 is 1.30 bits per heavy atom. The van der Waals surface area contributed by atoms with Crippen LogP contribution in [0.25, 0.3) is 0 Å². The van der Waals surface area contributed by atoms with Crippen molar-refractivity contribution in [2.75, 3.05) is 19.8 Å². The van der Waals surface area contributed by atoms with Crippen molar-refractivity contribution in [1.29, 1.82) is 0 Å². The summed E-state index contributed by atoms with van der Waals surface area (Å²) in [5, 5.41) is 25.3. The molecule has 0 amide bonds. The van der Waals surface area contributed by atoms with E-state index in [0.717, 1.165) is 0 Å². The molecule has 0 radical (unpaired) electrons. The predicted molar refractivity (Wildman–Crippen MR) is 73.4 cm³/mol. The highest BCUT2D eigenvalue weighted by Crippen LogP contribution is 2.11. The number of rotatable bonds is 7. The van der Waals surface area contributed by atoms with E-state index >= 15 is 0 Å². The number of aliphatic hydroxyl groups excluding tert-OH is 2. The van der Waals surface area contributed by atoms with E-state index in [1.807, 2.05) is 18.2 Å². The van der Waals surface area contributed by atoms with E-state index in [1.54, 1.807) is 12.1 Å². The first kappa shape index (κ1) is 18.1. The summed E-state index contributed by atoms with van der Waals surface area (Å²) in [4.78, 5) is 9.60. The highest BCUT2D eigenvalue weighted by Gasteiger charge is 2.08. The maximum atomic E-state index is 9.60. The van der Waals surface area contributed by atoms with E-state index in [0.29, 0.717) is 5.75 Å². The number of carbonyl (C=O) groups is 1. The van der Waals surface area contributed by atoms with E-state index < -0.39 is 12.3 Å². The van der Waals surface area contributed by atoms with E-state index in [-0.39, 0.29) is 25.4 Å².